The Balaban J connectivity index is 1.19. The van der Waals surface area contributed by atoms with E-state index in [0.29, 0.717) is 5.56 Å². The van der Waals surface area contributed by atoms with Crippen LogP contribution in [0.4, 0.5) is 0 Å². The first-order chi connectivity index (χ1) is 31.3. The first-order valence-electron chi connectivity index (χ1n) is 20.3. The van der Waals surface area contributed by atoms with Gasteiger partial charge in [0, 0.05) is 29.7 Å². The van der Waals surface area contributed by atoms with Gasteiger partial charge in [0.05, 0.1) is 31.5 Å². The van der Waals surface area contributed by atoms with Crippen LogP contribution in [0.5, 0.6) is 34.5 Å². The SMILES string of the molecule is CC1OC(OC[C@@H]2OC(Oc3c(-c4ccc(O)c(O)c4)oc4cc(O)cc(O)c4c3=O)C(O)C(OC(=O)/C=C/c3ccc(O)cc3)C2O)C(O)C(OC2C(O)C(O)C(O)C(CO)C2O)C1O. The van der Waals surface area contributed by atoms with Gasteiger partial charge in [-0.1, -0.05) is 12.1 Å². The number of benzene rings is 3. The van der Waals surface area contributed by atoms with Crippen LogP contribution in [0, 0.1) is 5.92 Å². The van der Waals surface area contributed by atoms with Crippen molar-refractivity contribution in [1.29, 1.82) is 0 Å². The average Bonchev–Trinajstić information content (AvgIpc) is 3.27. The summed E-state index contributed by atoms with van der Waals surface area (Å²) < 4.78 is 40.4. The lowest BCUT2D eigenvalue weighted by atomic mass is 9.78. The molecule has 4 aromatic rings. The fourth-order valence-corrected chi connectivity index (χ4v) is 7.89. The van der Waals surface area contributed by atoms with Gasteiger partial charge in [-0.2, -0.15) is 0 Å². The van der Waals surface area contributed by atoms with Crippen molar-refractivity contribution in [2.45, 2.75) is 98.9 Å². The highest BCUT2D eigenvalue weighted by atomic mass is 16.7. The summed E-state index contributed by atoms with van der Waals surface area (Å²) in [6, 6.07) is 10.6. The van der Waals surface area contributed by atoms with Crippen molar-refractivity contribution in [3.8, 4) is 45.8 Å². The Morgan fingerprint density at radius 1 is 0.682 bits per heavy atom. The van der Waals surface area contributed by atoms with Gasteiger partial charge in [0.1, 0.15) is 77.0 Å². The Hall–Kier alpha value is -5.64. The van der Waals surface area contributed by atoms with Crippen molar-refractivity contribution < 1.29 is 109 Å². The number of ether oxygens (including phenoxy) is 6. The monoisotopic (exact) mass is 932 g/mol. The zero-order valence-electron chi connectivity index (χ0n) is 34.4. The third kappa shape index (κ3) is 9.61. The van der Waals surface area contributed by atoms with E-state index in [1.807, 2.05) is 0 Å². The van der Waals surface area contributed by atoms with Gasteiger partial charge in [-0.25, -0.2) is 4.79 Å². The molecular weight excluding hydrogens is 884 g/mol. The molecular formula is C43H48O23. The second-order valence-corrected chi connectivity index (χ2v) is 16.0. The predicted octanol–water partition coefficient (Wildman–Crippen LogP) is -2.26. The van der Waals surface area contributed by atoms with E-state index in [0.717, 1.165) is 30.3 Å². The van der Waals surface area contributed by atoms with Crippen molar-refractivity contribution in [1.82, 2.24) is 0 Å². The first kappa shape index (κ1) is 48.3. The number of carbonyl (C=O) groups is 1. The maximum atomic E-state index is 14.1. The lowest BCUT2D eigenvalue weighted by molar-refractivity contribution is -0.335. The van der Waals surface area contributed by atoms with Crippen LogP contribution in [0.25, 0.3) is 28.4 Å². The van der Waals surface area contributed by atoms with E-state index < -0.39 is 162 Å². The highest BCUT2D eigenvalue weighted by Crippen LogP contribution is 2.40. The summed E-state index contributed by atoms with van der Waals surface area (Å²) in [6.45, 7) is -0.347. The number of carbonyl (C=O) groups excluding carboxylic acids is 1. The van der Waals surface area contributed by atoms with Crippen LogP contribution >= 0.6 is 0 Å². The number of fused-ring (bicyclic) bond motifs is 1. The van der Waals surface area contributed by atoms with E-state index in [-0.39, 0.29) is 16.9 Å². The summed E-state index contributed by atoms with van der Waals surface area (Å²) in [5.74, 6) is -6.46. The Kier molecular flexibility index (Phi) is 14.4. The molecule has 0 bridgehead atoms. The number of phenolic OH excluding ortho intramolecular Hbond substituents is 5. The van der Waals surface area contributed by atoms with Crippen LogP contribution in [-0.2, 0) is 28.5 Å². The van der Waals surface area contributed by atoms with Crippen molar-refractivity contribution >= 4 is 23.0 Å². The standard InChI is InChI=1S/C43H48O23/c1-15-28(51)38(65-39-30(53)20(13-44)29(52)33(56)34(39)57)35(58)42(61-15)60-14-25-31(54)40(64-26(50)9-4-16-2-6-18(45)7-3-16)36(59)43(63-25)66-41-32(55)27-23(49)11-19(46)12-24(27)62-37(41)17-5-8-21(47)22(48)10-17/h2-12,15,20,25,28-31,33-36,38-40,42-49,51-54,56-59H,13-14H2,1H3/b9-4+/t15?,20?,25-,28?,29?,30?,31?,33?,34?,35?,36?,38?,39?,40?,42?,43?/m0/s1. The lowest BCUT2D eigenvalue weighted by Crippen LogP contribution is -2.66. The molecule has 0 amide bonds. The number of hydrogen-bond acceptors (Lipinski definition) is 23. The van der Waals surface area contributed by atoms with Gasteiger partial charge in [-0.3, -0.25) is 4.79 Å². The third-order valence-electron chi connectivity index (χ3n) is 11.6. The molecule has 1 aliphatic carbocycles. The zero-order chi connectivity index (χ0) is 47.9. The smallest absolute Gasteiger partial charge is 0.331 e. The lowest BCUT2D eigenvalue weighted by Gasteiger charge is -2.48. The van der Waals surface area contributed by atoms with E-state index in [4.69, 9.17) is 32.8 Å². The van der Waals surface area contributed by atoms with E-state index in [1.165, 1.54) is 43.3 Å². The van der Waals surface area contributed by atoms with E-state index >= 15 is 0 Å². The van der Waals surface area contributed by atoms with Gasteiger partial charge < -0.3 is 104 Å². The highest BCUT2D eigenvalue weighted by Gasteiger charge is 2.54. The fourth-order valence-electron chi connectivity index (χ4n) is 7.89. The maximum absolute atomic E-state index is 14.1. The molecule has 15 unspecified atom stereocenters. The molecule has 1 saturated carbocycles. The molecule has 1 aromatic heterocycles. The Labute approximate surface area is 371 Å². The van der Waals surface area contributed by atoms with Crippen molar-refractivity contribution in [2.75, 3.05) is 13.2 Å². The summed E-state index contributed by atoms with van der Waals surface area (Å²) in [6.07, 6.45) is -25.5. The Morgan fingerprint density at radius 3 is 2.05 bits per heavy atom. The van der Waals surface area contributed by atoms with Crippen molar-refractivity contribution in [3.63, 3.8) is 0 Å². The van der Waals surface area contributed by atoms with Gasteiger partial charge in [0.2, 0.25) is 17.5 Å². The minimum absolute atomic E-state index is 0.0555. The second-order valence-electron chi connectivity index (χ2n) is 16.0. The van der Waals surface area contributed by atoms with Crippen LogP contribution in [-0.4, -0.2) is 183 Å². The van der Waals surface area contributed by atoms with Crippen molar-refractivity contribution in [3.05, 3.63) is 76.5 Å². The molecule has 7 rings (SSSR count). The molecule has 3 aromatic carbocycles. The molecule has 358 valence electrons. The first-order valence-corrected chi connectivity index (χ1v) is 20.3. The molecule has 2 aliphatic heterocycles. The van der Waals surface area contributed by atoms with Gasteiger partial charge in [0.15, 0.2) is 35.8 Å². The second kappa shape index (κ2) is 19.7. The number of hydrogen-bond donors (Lipinski definition) is 14. The van der Waals surface area contributed by atoms with Gasteiger partial charge in [-0.15, -0.1) is 0 Å². The predicted molar refractivity (Wildman–Crippen MR) is 218 cm³/mol. The van der Waals surface area contributed by atoms with Gasteiger partial charge in [0.25, 0.3) is 0 Å². The van der Waals surface area contributed by atoms with Gasteiger partial charge >= 0.3 is 5.97 Å². The number of aromatic hydroxyl groups is 5. The molecule has 23 heteroatoms. The van der Waals surface area contributed by atoms with Crippen molar-refractivity contribution in [2.24, 2.45) is 5.92 Å². The summed E-state index contributed by atoms with van der Waals surface area (Å²) >= 11 is 0. The zero-order valence-corrected chi connectivity index (χ0v) is 34.4. The van der Waals surface area contributed by atoms with Gasteiger partial charge in [-0.05, 0) is 48.9 Å². The average molecular weight is 933 g/mol. The molecule has 16 atom stereocenters. The summed E-state index contributed by atoms with van der Waals surface area (Å²) in [5, 5.41) is 148. The molecule has 0 radical (unpaired) electrons. The summed E-state index contributed by atoms with van der Waals surface area (Å²) in [5.41, 5.74) is -1.21. The summed E-state index contributed by atoms with van der Waals surface area (Å²) in [7, 11) is 0. The van der Waals surface area contributed by atoms with Crippen LogP contribution in [0.15, 0.2) is 69.9 Å². The molecule has 0 spiro atoms. The number of aliphatic hydroxyl groups excluding tert-OH is 9. The quantitative estimate of drug-likeness (QED) is 0.0405. The maximum Gasteiger partial charge on any atom is 0.331 e. The van der Waals surface area contributed by atoms with E-state index in [9.17, 15) is 81.1 Å². The molecule has 14 N–H and O–H groups in total. The molecule has 66 heavy (non-hydrogen) atoms. The largest absolute Gasteiger partial charge is 0.508 e. The normalized spacial score (nSPS) is 33.8. The molecule has 3 aliphatic rings. The number of phenols is 5. The topological polar surface area (TPSA) is 386 Å². The Morgan fingerprint density at radius 2 is 1.36 bits per heavy atom. The van der Waals surface area contributed by atoms with E-state index in [2.05, 4.69) is 0 Å². The fraction of sp³-hybridized carbons (Fsp3) is 0.442. The van der Waals surface area contributed by atoms with E-state index in [1.54, 1.807) is 0 Å². The number of aliphatic hydroxyl groups is 9. The Bertz CT molecular complexity index is 2440. The summed E-state index contributed by atoms with van der Waals surface area (Å²) in [4.78, 5) is 27.3. The third-order valence-corrected chi connectivity index (χ3v) is 11.6. The van der Waals surface area contributed by atoms with Crippen LogP contribution in [0.1, 0.15) is 12.5 Å². The number of rotatable bonds is 12. The molecule has 3 fully saturated rings. The number of esters is 1. The molecule has 23 nitrogen and oxygen atoms in total. The van der Waals surface area contributed by atoms with Crippen LogP contribution in [0.2, 0.25) is 0 Å². The molecule has 2 saturated heterocycles. The highest BCUT2D eigenvalue weighted by molar-refractivity contribution is 5.89. The van der Waals surface area contributed by atoms with Crippen LogP contribution < -0.4 is 10.2 Å². The minimum Gasteiger partial charge on any atom is -0.508 e. The van der Waals surface area contributed by atoms with Crippen LogP contribution in [0.3, 0.4) is 0 Å². The molecule has 3 heterocycles. The minimum atomic E-state index is -2.17.